The summed E-state index contributed by atoms with van der Waals surface area (Å²) in [5, 5.41) is 3.56. The zero-order chi connectivity index (χ0) is 5.84. The van der Waals surface area contributed by atoms with Crippen LogP contribution in [0.2, 0.25) is 0 Å². The van der Waals surface area contributed by atoms with Gasteiger partial charge in [-0.15, -0.1) is 0 Å². The Morgan fingerprint density at radius 3 is 3.11 bits per heavy atom. The Hall–Kier alpha value is -0.0400. The topological polar surface area (TPSA) is 21.9 Å². The maximum Gasteiger partial charge on any atom is 0.0252 e. The van der Waals surface area contributed by atoms with E-state index in [9.17, 15) is 0 Å². The van der Waals surface area contributed by atoms with Crippen LogP contribution in [-0.4, -0.2) is 12.1 Å². The molecule has 0 aromatic heterocycles. The first kappa shape index (κ1) is 4.73. The Labute approximate surface area is 55.8 Å². The van der Waals surface area contributed by atoms with Crippen molar-refractivity contribution in [2.75, 3.05) is 0 Å². The van der Waals surface area contributed by atoms with Gasteiger partial charge in [-0.25, -0.2) is 0 Å². The van der Waals surface area contributed by atoms with E-state index in [-0.39, 0.29) is 0 Å². The van der Waals surface area contributed by atoms with Gasteiger partial charge in [-0.05, 0) is 31.1 Å². The number of hydrogen-bond donors (Lipinski definition) is 1. The van der Waals surface area contributed by atoms with Crippen LogP contribution in [0.15, 0.2) is 0 Å². The highest BCUT2D eigenvalue weighted by molar-refractivity contribution is 5.09. The van der Waals surface area contributed by atoms with Crippen molar-refractivity contribution in [1.29, 1.82) is 0 Å². The molecule has 1 aliphatic heterocycles. The number of fused-ring (bicyclic) bond motifs is 4. The third-order valence-electron chi connectivity index (χ3n) is 3.41. The van der Waals surface area contributed by atoms with E-state index in [4.69, 9.17) is 0 Å². The fourth-order valence-corrected chi connectivity index (χ4v) is 2.88. The lowest BCUT2D eigenvalue weighted by molar-refractivity contribution is 0.409. The third kappa shape index (κ3) is 0.536. The predicted octanol–water partition coefficient (Wildman–Crippen LogP) is 1.15. The van der Waals surface area contributed by atoms with E-state index >= 15 is 0 Å². The van der Waals surface area contributed by atoms with Gasteiger partial charge in [0.1, 0.15) is 0 Å². The van der Waals surface area contributed by atoms with Crippen molar-refractivity contribution in [3.63, 3.8) is 0 Å². The van der Waals surface area contributed by atoms with Crippen molar-refractivity contribution in [3.8, 4) is 0 Å². The molecule has 9 heavy (non-hydrogen) atoms. The van der Waals surface area contributed by atoms with Crippen LogP contribution in [-0.2, 0) is 0 Å². The molecule has 3 aliphatic rings. The normalized spacial score (nSPS) is 61.3. The molecule has 2 bridgehead atoms. The smallest absolute Gasteiger partial charge is 0.0252 e. The average molecular weight is 123 g/mol. The predicted molar refractivity (Wildman–Crippen MR) is 36.2 cm³/mol. The Morgan fingerprint density at radius 1 is 1.11 bits per heavy atom. The van der Waals surface area contributed by atoms with Crippen molar-refractivity contribution in [3.05, 3.63) is 0 Å². The largest absolute Gasteiger partial charge is 0.308 e. The summed E-state index contributed by atoms with van der Waals surface area (Å²) in [4.78, 5) is 0. The average Bonchev–Trinajstić information content (AvgIpc) is 2.50. The van der Waals surface area contributed by atoms with Crippen LogP contribution in [0.4, 0.5) is 0 Å². The highest BCUT2D eigenvalue weighted by Crippen LogP contribution is 2.47. The zero-order valence-corrected chi connectivity index (χ0v) is 5.64. The van der Waals surface area contributed by atoms with Crippen LogP contribution in [0.3, 0.4) is 0 Å². The van der Waals surface area contributed by atoms with Crippen molar-refractivity contribution in [2.45, 2.75) is 37.8 Å². The van der Waals surface area contributed by atoms with Crippen molar-refractivity contribution < 1.29 is 0 Å². The standard InChI is InChI=1S/C8H13N/c1-2-6-3-5(1)4-7-8(6)9-7/h5-9H,1-4H2/t5?,6?,7-,8+/m0/s1. The van der Waals surface area contributed by atoms with Crippen LogP contribution in [0, 0.1) is 11.8 Å². The monoisotopic (exact) mass is 123 g/mol. The van der Waals surface area contributed by atoms with Crippen LogP contribution in [0.5, 0.6) is 0 Å². The van der Waals surface area contributed by atoms with Crippen LogP contribution in [0.25, 0.3) is 0 Å². The Kier molecular flexibility index (Phi) is 0.704. The van der Waals surface area contributed by atoms with E-state index in [1.165, 1.54) is 12.8 Å². The fourth-order valence-electron chi connectivity index (χ4n) is 2.88. The summed E-state index contributed by atoms with van der Waals surface area (Å²) in [6.45, 7) is 0. The molecule has 4 atom stereocenters. The number of hydrogen-bond acceptors (Lipinski definition) is 1. The summed E-state index contributed by atoms with van der Waals surface area (Å²) in [5.41, 5.74) is 0. The third-order valence-corrected chi connectivity index (χ3v) is 3.41. The molecule has 0 aromatic rings. The first-order valence-electron chi connectivity index (χ1n) is 4.19. The van der Waals surface area contributed by atoms with Crippen molar-refractivity contribution in [1.82, 2.24) is 5.32 Å². The lowest BCUT2D eigenvalue weighted by Gasteiger charge is -2.14. The summed E-state index contributed by atoms with van der Waals surface area (Å²) in [5.74, 6) is 2.21. The molecular weight excluding hydrogens is 110 g/mol. The lowest BCUT2D eigenvalue weighted by atomic mass is 9.89. The highest BCUT2D eigenvalue weighted by Gasteiger charge is 2.50. The lowest BCUT2D eigenvalue weighted by Crippen LogP contribution is -2.14. The zero-order valence-electron chi connectivity index (χ0n) is 5.64. The molecule has 1 N–H and O–H groups in total. The molecule has 0 spiro atoms. The maximum atomic E-state index is 3.56. The minimum absolute atomic E-state index is 0.969. The highest BCUT2D eigenvalue weighted by atomic mass is 15.2. The van der Waals surface area contributed by atoms with Gasteiger partial charge in [-0.1, -0.05) is 6.42 Å². The SMILES string of the molecule is C1CC2CC1C[C@@H]1N[C@H]21. The molecule has 0 radical (unpaired) electrons. The van der Waals surface area contributed by atoms with Crippen molar-refractivity contribution >= 4 is 0 Å². The van der Waals surface area contributed by atoms with Gasteiger partial charge in [0.2, 0.25) is 0 Å². The number of rotatable bonds is 0. The van der Waals surface area contributed by atoms with Gasteiger partial charge >= 0.3 is 0 Å². The molecule has 1 nitrogen and oxygen atoms in total. The maximum absolute atomic E-state index is 3.56. The minimum atomic E-state index is 0.969. The second-order valence-electron chi connectivity index (χ2n) is 3.97. The molecular formula is C8H13N. The van der Waals surface area contributed by atoms with E-state index < -0.39 is 0 Å². The Balaban J connectivity index is 1.90. The number of nitrogens with one attached hydrogen (secondary N) is 1. The Morgan fingerprint density at radius 2 is 2.11 bits per heavy atom. The summed E-state index contributed by atoms with van der Waals surface area (Å²) in [6.07, 6.45) is 6.12. The molecule has 1 heteroatoms. The van der Waals surface area contributed by atoms with Crippen LogP contribution < -0.4 is 5.32 Å². The van der Waals surface area contributed by atoms with Crippen molar-refractivity contribution in [2.24, 2.45) is 11.8 Å². The summed E-state index contributed by atoms with van der Waals surface area (Å²) in [7, 11) is 0. The first-order chi connectivity index (χ1) is 4.43. The minimum Gasteiger partial charge on any atom is -0.308 e. The molecule has 50 valence electrons. The molecule has 2 aliphatic carbocycles. The van der Waals surface area contributed by atoms with Gasteiger partial charge in [0.25, 0.3) is 0 Å². The molecule has 2 saturated carbocycles. The summed E-state index contributed by atoms with van der Waals surface area (Å²) >= 11 is 0. The second-order valence-corrected chi connectivity index (χ2v) is 3.97. The second kappa shape index (κ2) is 1.34. The molecule has 1 saturated heterocycles. The summed E-state index contributed by atoms with van der Waals surface area (Å²) in [6, 6.07) is 1.94. The quantitative estimate of drug-likeness (QED) is 0.479. The van der Waals surface area contributed by atoms with Gasteiger partial charge < -0.3 is 5.32 Å². The van der Waals surface area contributed by atoms with E-state index in [1.807, 2.05) is 0 Å². The molecule has 3 rings (SSSR count). The van der Waals surface area contributed by atoms with Gasteiger partial charge in [0, 0.05) is 12.1 Å². The fraction of sp³-hybridized carbons (Fsp3) is 1.00. The molecule has 3 fully saturated rings. The molecule has 1 heterocycles. The van der Waals surface area contributed by atoms with E-state index in [2.05, 4.69) is 5.32 Å². The van der Waals surface area contributed by atoms with Gasteiger partial charge in [-0.2, -0.15) is 0 Å². The van der Waals surface area contributed by atoms with Crippen LogP contribution >= 0.6 is 0 Å². The molecule has 2 unspecified atom stereocenters. The summed E-state index contributed by atoms with van der Waals surface area (Å²) < 4.78 is 0. The van der Waals surface area contributed by atoms with Gasteiger partial charge in [0.15, 0.2) is 0 Å². The van der Waals surface area contributed by atoms with Gasteiger partial charge in [0.05, 0.1) is 0 Å². The first-order valence-corrected chi connectivity index (χ1v) is 4.19. The molecule has 0 amide bonds. The van der Waals surface area contributed by atoms with E-state index in [0.717, 1.165) is 23.9 Å². The van der Waals surface area contributed by atoms with Crippen LogP contribution in [0.1, 0.15) is 25.7 Å². The van der Waals surface area contributed by atoms with Gasteiger partial charge in [-0.3, -0.25) is 0 Å². The molecule has 0 aromatic carbocycles. The van der Waals surface area contributed by atoms with E-state index in [1.54, 1.807) is 12.8 Å². The Bertz CT molecular complexity index is 142. The van der Waals surface area contributed by atoms with E-state index in [0.29, 0.717) is 0 Å².